The second-order valence-electron chi connectivity index (χ2n) is 6.46. The van der Waals surface area contributed by atoms with Gasteiger partial charge >= 0.3 is 0 Å². The number of benzene rings is 2. The van der Waals surface area contributed by atoms with E-state index >= 15 is 0 Å². The Morgan fingerprint density at radius 3 is 2.41 bits per heavy atom. The van der Waals surface area contributed by atoms with E-state index in [1.807, 2.05) is 54.1 Å². The summed E-state index contributed by atoms with van der Waals surface area (Å²) in [7, 11) is -1.71. The van der Waals surface area contributed by atoms with Crippen LogP contribution in [0.2, 0.25) is 0 Å². The number of nitrogens with one attached hydrogen (secondary N) is 1. The van der Waals surface area contributed by atoms with E-state index in [0.717, 1.165) is 28.1 Å². The van der Waals surface area contributed by atoms with Gasteiger partial charge in [-0.25, -0.2) is 8.42 Å². The molecule has 0 aliphatic rings. The second-order valence-corrected chi connectivity index (χ2v) is 8.48. The zero-order valence-electron chi connectivity index (χ0n) is 15.6. The number of para-hydroxylation sites is 1. The number of nitrogens with zero attached hydrogens (tertiary/aromatic N) is 1. The first-order chi connectivity index (χ1) is 12.8. The first-order valence-electron chi connectivity index (χ1n) is 8.58. The lowest BCUT2D eigenvalue weighted by molar-refractivity contribution is -0.119. The number of rotatable bonds is 5. The normalized spacial score (nSPS) is 11.4. The van der Waals surface area contributed by atoms with Gasteiger partial charge in [0.05, 0.1) is 11.3 Å². The van der Waals surface area contributed by atoms with Crippen molar-refractivity contribution in [3.63, 3.8) is 0 Å². The highest BCUT2D eigenvalue weighted by atomic mass is 32.2. The number of sulfone groups is 1. The Hall–Kier alpha value is -2.86. The second kappa shape index (κ2) is 7.40. The van der Waals surface area contributed by atoms with Crippen LogP contribution >= 0.6 is 0 Å². The van der Waals surface area contributed by atoms with Crippen molar-refractivity contribution in [3.8, 4) is 16.8 Å². The van der Waals surface area contributed by atoms with E-state index in [0.29, 0.717) is 0 Å². The summed E-state index contributed by atoms with van der Waals surface area (Å²) in [5.74, 6) is -0.0931. The lowest BCUT2D eigenvalue weighted by Crippen LogP contribution is -2.20. The van der Waals surface area contributed by atoms with E-state index in [9.17, 15) is 13.2 Å². The molecule has 0 bridgehead atoms. The topological polar surface area (TPSA) is 68.2 Å². The number of carbonyl (C=O) groups is 1. The average Bonchev–Trinajstić information content (AvgIpc) is 2.98. The van der Waals surface area contributed by atoms with Crippen molar-refractivity contribution in [2.24, 2.45) is 0 Å². The Labute approximate surface area is 159 Å². The van der Waals surface area contributed by atoms with Crippen LogP contribution in [0.4, 0.5) is 0 Å². The third kappa shape index (κ3) is 3.95. The SMILES string of the molecule is CNC(=O)Cc1c(-c2cccc(S(C)(=O)=O)c2)cn(-c2ccccc2)c1C. The van der Waals surface area contributed by atoms with Crippen molar-refractivity contribution in [1.29, 1.82) is 0 Å². The Morgan fingerprint density at radius 2 is 1.78 bits per heavy atom. The minimum Gasteiger partial charge on any atom is -0.359 e. The van der Waals surface area contributed by atoms with Crippen LogP contribution in [0.25, 0.3) is 16.8 Å². The van der Waals surface area contributed by atoms with Crippen LogP contribution < -0.4 is 5.32 Å². The molecule has 1 N–H and O–H groups in total. The predicted molar refractivity (Wildman–Crippen MR) is 107 cm³/mol. The Kier molecular flexibility index (Phi) is 5.19. The van der Waals surface area contributed by atoms with Gasteiger partial charge in [0.25, 0.3) is 0 Å². The van der Waals surface area contributed by atoms with Gasteiger partial charge in [0.1, 0.15) is 0 Å². The molecule has 0 unspecified atom stereocenters. The van der Waals surface area contributed by atoms with Gasteiger partial charge in [0.2, 0.25) is 5.91 Å². The molecule has 6 heteroatoms. The lowest BCUT2D eigenvalue weighted by atomic mass is 10.0. The van der Waals surface area contributed by atoms with Gasteiger partial charge in [-0.1, -0.05) is 30.3 Å². The van der Waals surface area contributed by atoms with Crippen LogP contribution in [-0.2, 0) is 21.1 Å². The van der Waals surface area contributed by atoms with E-state index in [4.69, 9.17) is 0 Å². The van der Waals surface area contributed by atoms with Crippen molar-refractivity contribution in [3.05, 3.63) is 72.1 Å². The molecule has 2 aromatic carbocycles. The van der Waals surface area contributed by atoms with E-state index in [2.05, 4.69) is 5.32 Å². The number of hydrogen-bond acceptors (Lipinski definition) is 3. The summed E-state index contributed by atoms with van der Waals surface area (Å²) in [4.78, 5) is 12.3. The Morgan fingerprint density at radius 1 is 1.07 bits per heavy atom. The van der Waals surface area contributed by atoms with Crippen LogP contribution in [0.5, 0.6) is 0 Å². The first-order valence-corrected chi connectivity index (χ1v) is 10.5. The summed E-state index contributed by atoms with van der Waals surface area (Å²) in [6.07, 6.45) is 3.38. The summed E-state index contributed by atoms with van der Waals surface area (Å²) in [5.41, 5.74) is 4.44. The molecule has 0 saturated heterocycles. The number of hydrogen-bond donors (Lipinski definition) is 1. The molecular weight excluding hydrogens is 360 g/mol. The van der Waals surface area contributed by atoms with Crippen LogP contribution in [0.3, 0.4) is 0 Å². The average molecular weight is 382 g/mol. The fourth-order valence-electron chi connectivity index (χ4n) is 3.12. The van der Waals surface area contributed by atoms with Crippen molar-refractivity contribution in [2.75, 3.05) is 13.3 Å². The molecule has 0 radical (unpaired) electrons. The molecule has 27 heavy (non-hydrogen) atoms. The largest absolute Gasteiger partial charge is 0.359 e. The van der Waals surface area contributed by atoms with Crippen molar-refractivity contribution in [2.45, 2.75) is 18.2 Å². The lowest BCUT2D eigenvalue weighted by Gasteiger charge is -2.08. The maximum absolute atomic E-state index is 12.1. The third-order valence-corrected chi connectivity index (χ3v) is 5.72. The van der Waals surface area contributed by atoms with E-state index in [1.54, 1.807) is 25.2 Å². The predicted octanol–water partition coefficient (Wildman–Crippen LogP) is 3.14. The van der Waals surface area contributed by atoms with Crippen LogP contribution in [0.1, 0.15) is 11.3 Å². The van der Waals surface area contributed by atoms with Gasteiger partial charge in [0.15, 0.2) is 9.84 Å². The zero-order chi connectivity index (χ0) is 19.6. The molecule has 3 aromatic rings. The van der Waals surface area contributed by atoms with Gasteiger partial charge in [-0.3, -0.25) is 4.79 Å². The fraction of sp³-hybridized carbons (Fsp3) is 0.190. The molecule has 140 valence electrons. The minimum absolute atomic E-state index is 0.0931. The maximum Gasteiger partial charge on any atom is 0.224 e. The quantitative estimate of drug-likeness (QED) is 0.737. The van der Waals surface area contributed by atoms with Crippen LogP contribution in [-0.4, -0.2) is 32.2 Å². The van der Waals surface area contributed by atoms with Crippen molar-refractivity contribution in [1.82, 2.24) is 9.88 Å². The van der Waals surface area contributed by atoms with Crippen LogP contribution in [0.15, 0.2) is 65.7 Å². The minimum atomic E-state index is -3.32. The molecule has 5 nitrogen and oxygen atoms in total. The maximum atomic E-state index is 12.1. The summed E-state index contributed by atoms with van der Waals surface area (Å²) < 4.78 is 25.9. The molecular formula is C21H22N2O3S. The molecule has 0 fully saturated rings. The summed E-state index contributed by atoms with van der Waals surface area (Å²) in [6.45, 7) is 1.97. The number of aromatic nitrogens is 1. The van der Waals surface area contributed by atoms with Gasteiger partial charge in [0, 0.05) is 36.4 Å². The molecule has 1 amide bonds. The molecule has 0 aliphatic carbocycles. The number of carbonyl (C=O) groups excluding carboxylic acids is 1. The molecule has 0 saturated carbocycles. The Balaban J connectivity index is 2.21. The summed E-state index contributed by atoms with van der Waals surface area (Å²) >= 11 is 0. The number of likely N-dealkylation sites (N-methyl/N-ethyl adjacent to an activating group) is 1. The molecule has 0 aliphatic heterocycles. The highest BCUT2D eigenvalue weighted by Crippen LogP contribution is 2.32. The zero-order valence-corrected chi connectivity index (χ0v) is 16.4. The molecule has 0 spiro atoms. The summed E-state index contributed by atoms with van der Waals surface area (Å²) in [6, 6.07) is 16.7. The monoisotopic (exact) mass is 382 g/mol. The van der Waals surface area contributed by atoms with Gasteiger partial charge < -0.3 is 9.88 Å². The van der Waals surface area contributed by atoms with E-state index in [1.165, 1.54) is 6.26 Å². The number of amides is 1. The van der Waals surface area contributed by atoms with E-state index in [-0.39, 0.29) is 17.2 Å². The Bertz CT molecular complexity index is 1080. The van der Waals surface area contributed by atoms with Crippen molar-refractivity contribution < 1.29 is 13.2 Å². The smallest absolute Gasteiger partial charge is 0.224 e. The van der Waals surface area contributed by atoms with Crippen molar-refractivity contribution >= 4 is 15.7 Å². The molecule has 1 heterocycles. The first kappa shape index (κ1) is 18.9. The molecule has 0 atom stereocenters. The highest BCUT2D eigenvalue weighted by Gasteiger charge is 2.18. The summed E-state index contributed by atoms with van der Waals surface area (Å²) in [5, 5.41) is 2.66. The fourth-order valence-corrected chi connectivity index (χ4v) is 3.78. The van der Waals surface area contributed by atoms with Gasteiger partial charge in [-0.05, 0) is 42.3 Å². The molecule has 1 aromatic heterocycles. The third-order valence-electron chi connectivity index (χ3n) is 4.61. The van der Waals surface area contributed by atoms with E-state index < -0.39 is 9.84 Å². The highest BCUT2D eigenvalue weighted by molar-refractivity contribution is 7.90. The van der Waals surface area contributed by atoms with Crippen LogP contribution in [0, 0.1) is 6.92 Å². The standard InChI is InChI=1S/C21H22N2O3S/c1-15-19(13-21(24)22-2)20(14-23(15)17-9-5-4-6-10-17)16-8-7-11-18(12-16)27(3,25)26/h4-12,14H,13H2,1-3H3,(H,22,24). The van der Waals surface area contributed by atoms with Gasteiger partial charge in [-0.15, -0.1) is 0 Å². The molecule has 3 rings (SSSR count). The van der Waals surface area contributed by atoms with Gasteiger partial charge in [-0.2, -0.15) is 0 Å².